The summed E-state index contributed by atoms with van der Waals surface area (Å²) in [5, 5.41) is 5.94. The van der Waals surface area contributed by atoms with Gasteiger partial charge in [0.1, 0.15) is 5.82 Å². The number of nitrogens with one attached hydrogen (secondary N) is 2. The zero-order chi connectivity index (χ0) is 14.5. The van der Waals surface area contributed by atoms with E-state index in [-0.39, 0.29) is 23.6 Å². The third-order valence-corrected chi connectivity index (χ3v) is 3.46. The fourth-order valence-corrected chi connectivity index (χ4v) is 2.29. The van der Waals surface area contributed by atoms with Crippen LogP contribution < -0.4 is 10.6 Å². The molecule has 2 atom stereocenters. The van der Waals surface area contributed by atoms with Gasteiger partial charge in [0.25, 0.3) is 0 Å². The Bertz CT molecular complexity index is 479. The van der Waals surface area contributed by atoms with Crippen molar-refractivity contribution in [1.29, 1.82) is 0 Å². The summed E-state index contributed by atoms with van der Waals surface area (Å²) in [6, 6.07) is 4.78. The molecule has 2 N–H and O–H groups in total. The first-order chi connectivity index (χ1) is 9.61. The van der Waals surface area contributed by atoms with E-state index in [0.29, 0.717) is 13.2 Å². The molecule has 5 heteroatoms. The van der Waals surface area contributed by atoms with Crippen LogP contribution in [-0.4, -0.2) is 31.7 Å². The second kappa shape index (κ2) is 6.81. The average molecular weight is 280 g/mol. The topological polar surface area (TPSA) is 50.4 Å². The molecule has 0 bridgehead atoms. The first kappa shape index (κ1) is 14.9. The van der Waals surface area contributed by atoms with Gasteiger partial charge in [-0.15, -0.1) is 0 Å². The van der Waals surface area contributed by atoms with Gasteiger partial charge in [-0.25, -0.2) is 4.39 Å². The molecule has 1 aliphatic rings. The molecule has 1 aliphatic heterocycles. The van der Waals surface area contributed by atoms with Gasteiger partial charge < -0.3 is 15.4 Å². The number of hydrogen-bond donors (Lipinski definition) is 2. The van der Waals surface area contributed by atoms with E-state index >= 15 is 0 Å². The molecule has 110 valence electrons. The number of aryl methyl sites for hydroxylation is 1. The van der Waals surface area contributed by atoms with Crippen molar-refractivity contribution in [3.8, 4) is 0 Å². The first-order valence-electron chi connectivity index (χ1n) is 7.00. The highest BCUT2D eigenvalue weighted by Gasteiger charge is 2.33. The summed E-state index contributed by atoms with van der Waals surface area (Å²) >= 11 is 0. The first-order valence-corrected chi connectivity index (χ1v) is 7.00. The minimum absolute atomic E-state index is 0.00320. The Morgan fingerprint density at radius 1 is 1.45 bits per heavy atom. The molecule has 2 rings (SSSR count). The standard InChI is InChI=1S/C15H21FN2O2/c1-3-6-17-14-9-20-8-11(14)15(19)18-13-5-4-10(2)7-12(13)16/h4-5,7,11,14,17H,3,6,8-9H2,1-2H3,(H,18,19). The van der Waals surface area contributed by atoms with Crippen LogP contribution in [0.1, 0.15) is 18.9 Å². The number of rotatable bonds is 5. The second-order valence-electron chi connectivity index (χ2n) is 5.18. The Morgan fingerprint density at radius 2 is 2.25 bits per heavy atom. The lowest BCUT2D eigenvalue weighted by Gasteiger charge is -2.18. The number of benzene rings is 1. The maximum absolute atomic E-state index is 13.7. The number of hydrogen-bond acceptors (Lipinski definition) is 3. The minimum atomic E-state index is -0.407. The minimum Gasteiger partial charge on any atom is -0.379 e. The van der Waals surface area contributed by atoms with Crippen molar-refractivity contribution in [3.05, 3.63) is 29.6 Å². The molecule has 0 radical (unpaired) electrons. The number of carbonyl (C=O) groups is 1. The van der Waals surface area contributed by atoms with Crippen molar-refractivity contribution in [3.63, 3.8) is 0 Å². The summed E-state index contributed by atoms with van der Waals surface area (Å²) in [6.45, 7) is 5.62. The highest BCUT2D eigenvalue weighted by Crippen LogP contribution is 2.19. The third kappa shape index (κ3) is 3.55. The van der Waals surface area contributed by atoms with Crippen LogP contribution in [0.5, 0.6) is 0 Å². The predicted octanol–water partition coefficient (Wildman–Crippen LogP) is 2.09. The van der Waals surface area contributed by atoms with Gasteiger partial charge in [0.2, 0.25) is 5.91 Å². The van der Waals surface area contributed by atoms with Crippen molar-refractivity contribution in [1.82, 2.24) is 5.32 Å². The van der Waals surface area contributed by atoms with Gasteiger partial charge in [-0.1, -0.05) is 13.0 Å². The summed E-state index contributed by atoms with van der Waals surface area (Å²) in [4.78, 5) is 12.2. The van der Waals surface area contributed by atoms with Crippen molar-refractivity contribution in [2.24, 2.45) is 5.92 Å². The number of anilines is 1. The normalized spacial score (nSPS) is 21.9. The van der Waals surface area contributed by atoms with Gasteiger partial charge in [-0.3, -0.25) is 4.79 Å². The Kier molecular flexibility index (Phi) is 5.09. The van der Waals surface area contributed by atoms with E-state index in [9.17, 15) is 9.18 Å². The molecule has 0 aromatic heterocycles. The van der Waals surface area contributed by atoms with Crippen LogP contribution in [0, 0.1) is 18.7 Å². The van der Waals surface area contributed by atoms with E-state index in [1.54, 1.807) is 12.1 Å². The SMILES string of the molecule is CCCNC1COCC1C(=O)Nc1ccc(C)cc1F. The fourth-order valence-electron chi connectivity index (χ4n) is 2.29. The van der Waals surface area contributed by atoms with Gasteiger partial charge in [0.15, 0.2) is 0 Å². The average Bonchev–Trinajstić information content (AvgIpc) is 2.88. The smallest absolute Gasteiger partial charge is 0.231 e. The van der Waals surface area contributed by atoms with Gasteiger partial charge in [-0.2, -0.15) is 0 Å². The summed E-state index contributed by atoms with van der Waals surface area (Å²) in [5.41, 5.74) is 1.05. The number of amides is 1. The highest BCUT2D eigenvalue weighted by atomic mass is 19.1. The Hall–Kier alpha value is -1.46. The summed E-state index contributed by atoms with van der Waals surface area (Å²) in [7, 11) is 0. The molecular weight excluding hydrogens is 259 g/mol. The summed E-state index contributed by atoms with van der Waals surface area (Å²) in [6.07, 6.45) is 0.997. The van der Waals surface area contributed by atoms with E-state index in [1.165, 1.54) is 6.07 Å². The molecule has 1 aromatic carbocycles. The van der Waals surface area contributed by atoms with Crippen LogP contribution in [0.2, 0.25) is 0 Å². The molecule has 1 fully saturated rings. The van der Waals surface area contributed by atoms with E-state index in [1.807, 2.05) is 6.92 Å². The zero-order valence-electron chi connectivity index (χ0n) is 11.9. The Labute approximate surface area is 118 Å². The lowest BCUT2D eigenvalue weighted by molar-refractivity contribution is -0.120. The zero-order valence-corrected chi connectivity index (χ0v) is 11.9. The van der Waals surface area contributed by atoms with Crippen LogP contribution in [0.3, 0.4) is 0 Å². The monoisotopic (exact) mass is 280 g/mol. The van der Waals surface area contributed by atoms with Gasteiger partial charge >= 0.3 is 0 Å². The molecular formula is C15H21FN2O2. The second-order valence-corrected chi connectivity index (χ2v) is 5.18. The highest BCUT2D eigenvalue weighted by molar-refractivity contribution is 5.93. The molecule has 1 heterocycles. The molecule has 0 saturated carbocycles. The lowest BCUT2D eigenvalue weighted by atomic mass is 10.0. The van der Waals surface area contributed by atoms with Crippen LogP contribution in [0.25, 0.3) is 0 Å². The van der Waals surface area contributed by atoms with Crippen molar-refractivity contribution >= 4 is 11.6 Å². The summed E-state index contributed by atoms with van der Waals surface area (Å²) in [5.74, 6) is -0.878. The predicted molar refractivity (Wildman–Crippen MR) is 76.2 cm³/mol. The van der Waals surface area contributed by atoms with Crippen molar-refractivity contribution < 1.29 is 13.9 Å². The van der Waals surface area contributed by atoms with Crippen molar-refractivity contribution in [2.75, 3.05) is 25.1 Å². The van der Waals surface area contributed by atoms with Crippen LogP contribution in [-0.2, 0) is 9.53 Å². The maximum Gasteiger partial charge on any atom is 0.231 e. The molecule has 1 saturated heterocycles. The fraction of sp³-hybridized carbons (Fsp3) is 0.533. The molecule has 20 heavy (non-hydrogen) atoms. The van der Waals surface area contributed by atoms with Gasteiger partial charge in [0.05, 0.1) is 24.8 Å². The van der Waals surface area contributed by atoms with Crippen LogP contribution >= 0.6 is 0 Å². The van der Waals surface area contributed by atoms with Gasteiger partial charge in [-0.05, 0) is 37.6 Å². The molecule has 2 unspecified atom stereocenters. The molecule has 0 spiro atoms. The lowest BCUT2D eigenvalue weighted by Crippen LogP contribution is -2.41. The van der Waals surface area contributed by atoms with E-state index in [2.05, 4.69) is 17.6 Å². The molecule has 1 aromatic rings. The van der Waals surface area contributed by atoms with E-state index in [0.717, 1.165) is 18.5 Å². The van der Waals surface area contributed by atoms with Crippen LogP contribution in [0.15, 0.2) is 18.2 Å². The Morgan fingerprint density at radius 3 is 2.95 bits per heavy atom. The van der Waals surface area contributed by atoms with Crippen LogP contribution in [0.4, 0.5) is 10.1 Å². The van der Waals surface area contributed by atoms with E-state index in [4.69, 9.17) is 4.74 Å². The van der Waals surface area contributed by atoms with Crippen molar-refractivity contribution in [2.45, 2.75) is 26.3 Å². The Balaban J connectivity index is 2.00. The number of carbonyl (C=O) groups excluding carboxylic acids is 1. The molecule has 0 aliphatic carbocycles. The largest absolute Gasteiger partial charge is 0.379 e. The number of ether oxygens (including phenoxy) is 1. The quantitative estimate of drug-likeness (QED) is 0.868. The van der Waals surface area contributed by atoms with Gasteiger partial charge in [0, 0.05) is 6.04 Å². The third-order valence-electron chi connectivity index (χ3n) is 3.46. The number of halogens is 1. The molecule has 4 nitrogen and oxygen atoms in total. The summed E-state index contributed by atoms with van der Waals surface area (Å²) < 4.78 is 19.1. The molecule has 1 amide bonds. The maximum atomic E-state index is 13.7. The van der Waals surface area contributed by atoms with E-state index < -0.39 is 5.82 Å².